The summed E-state index contributed by atoms with van der Waals surface area (Å²) < 4.78 is 0. The molecule has 0 spiro atoms. The molecule has 1 aromatic heterocycles. The highest BCUT2D eigenvalue weighted by Crippen LogP contribution is 2.27. The normalized spacial score (nSPS) is 17.5. The van der Waals surface area contributed by atoms with E-state index in [1.54, 1.807) is 6.07 Å². The highest BCUT2D eigenvalue weighted by atomic mass is 16.6. The second-order valence-corrected chi connectivity index (χ2v) is 4.94. The van der Waals surface area contributed by atoms with Gasteiger partial charge in [-0.25, -0.2) is 4.98 Å². The van der Waals surface area contributed by atoms with Crippen molar-refractivity contribution in [2.45, 2.75) is 19.3 Å². The molecule has 110 valence electrons. The van der Waals surface area contributed by atoms with Crippen molar-refractivity contribution in [2.75, 3.05) is 18.0 Å². The Labute approximate surface area is 120 Å². The minimum Gasteiger partial charge on any atom is -0.481 e. The Bertz CT molecular complexity index is 611. The number of nitro groups is 1. The number of carboxylic acids is 1. The van der Waals surface area contributed by atoms with Gasteiger partial charge >= 0.3 is 11.7 Å². The molecule has 1 saturated heterocycles. The van der Waals surface area contributed by atoms with Crippen LogP contribution < -0.4 is 4.90 Å². The van der Waals surface area contributed by atoms with Gasteiger partial charge in [-0.3, -0.25) is 14.9 Å². The zero-order chi connectivity index (χ0) is 15.4. The largest absolute Gasteiger partial charge is 0.481 e. The molecule has 0 radical (unpaired) electrons. The van der Waals surface area contributed by atoms with Gasteiger partial charge in [0, 0.05) is 25.6 Å². The molecule has 0 aromatic carbocycles. The van der Waals surface area contributed by atoms with Crippen molar-refractivity contribution >= 4 is 17.5 Å². The zero-order valence-electron chi connectivity index (χ0n) is 11.2. The molecule has 1 N–H and O–H groups in total. The molecule has 21 heavy (non-hydrogen) atoms. The molecule has 1 aromatic rings. The molecule has 1 atom stereocenters. The number of hydrogen-bond donors (Lipinski definition) is 1. The van der Waals surface area contributed by atoms with Crippen LogP contribution in [0.15, 0.2) is 12.1 Å². The lowest BCUT2D eigenvalue weighted by molar-refractivity contribution is -0.385. The molecule has 0 amide bonds. The fourth-order valence-corrected chi connectivity index (χ4v) is 2.45. The van der Waals surface area contributed by atoms with Gasteiger partial charge in [0.25, 0.3) is 0 Å². The maximum Gasteiger partial charge on any atom is 0.305 e. The number of hydrogen-bond acceptors (Lipinski definition) is 6. The van der Waals surface area contributed by atoms with E-state index in [9.17, 15) is 14.9 Å². The predicted octanol–water partition coefficient (Wildman–Crippen LogP) is 1.55. The van der Waals surface area contributed by atoms with Crippen molar-refractivity contribution in [1.29, 1.82) is 5.26 Å². The van der Waals surface area contributed by atoms with Crippen LogP contribution in [0, 0.1) is 27.4 Å². The summed E-state index contributed by atoms with van der Waals surface area (Å²) in [5, 5.41) is 28.4. The Morgan fingerprint density at radius 2 is 2.38 bits per heavy atom. The Morgan fingerprint density at radius 1 is 1.62 bits per heavy atom. The SMILES string of the molecule is N#Cc1nc(N2CCC(CCC(=O)O)C2)ccc1[N+](=O)[O-]. The Balaban J connectivity index is 2.08. The number of carbonyl (C=O) groups is 1. The molecule has 1 aliphatic rings. The van der Waals surface area contributed by atoms with Crippen LogP contribution in [-0.4, -0.2) is 34.1 Å². The number of pyridine rings is 1. The summed E-state index contributed by atoms with van der Waals surface area (Å²) >= 11 is 0. The fraction of sp³-hybridized carbons (Fsp3) is 0.462. The minimum atomic E-state index is -0.811. The van der Waals surface area contributed by atoms with Gasteiger partial charge in [-0.05, 0) is 24.8 Å². The summed E-state index contributed by atoms with van der Waals surface area (Å²) in [6.07, 6.45) is 1.59. The number of nitriles is 1. The predicted molar refractivity (Wildman–Crippen MR) is 72.8 cm³/mol. The third-order valence-electron chi connectivity index (χ3n) is 3.54. The number of nitrogens with zero attached hydrogens (tertiary/aromatic N) is 4. The molecule has 8 nitrogen and oxygen atoms in total. The van der Waals surface area contributed by atoms with Gasteiger partial charge in [0.2, 0.25) is 5.69 Å². The van der Waals surface area contributed by atoms with Crippen LogP contribution in [0.1, 0.15) is 25.0 Å². The van der Waals surface area contributed by atoms with E-state index in [4.69, 9.17) is 10.4 Å². The maximum atomic E-state index is 10.8. The standard InChI is InChI=1S/C13H14N4O4/c14-7-10-11(17(20)21)2-3-12(15-10)16-6-5-9(8-16)1-4-13(18)19/h2-3,9H,1,4-6,8H2,(H,18,19). The highest BCUT2D eigenvalue weighted by molar-refractivity contribution is 5.66. The average molecular weight is 290 g/mol. The van der Waals surface area contributed by atoms with E-state index >= 15 is 0 Å². The van der Waals surface area contributed by atoms with E-state index in [1.165, 1.54) is 12.1 Å². The van der Waals surface area contributed by atoms with Gasteiger partial charge in [-0.1, -0.05) is 0 Å². The van der Waals surface area contributed by atoms with E-state index < -0.39 is 10.9 Å². The van der Waals surface area contributed by atoms with Gasteiger partial charge in [0.05, 0.1) is 4.92 Å². The van der Waals surface area contributed by atoms with Crippen LogP contribution in [0.4, 0.5) is 11.5 Å². The van der Waals surface area contributed by atoms with Crippen molar-refractivity contribution in [3.8, 4) is 6.07 Å². The molecule has 1 unspecified atom stereocenters. The van der Waals surface area contributed by atoms with E-state index in [2.05, 4.69) is 4.98 Å². The van der Waals surface area contributed by atoms with Gasteiger partial charge < -0.3 is 10.0 Å². The lowest BCUT2D eigenvalue weighted by Gasteiger charge is -2.17. The van der Waals surface area contributed by atoms with Gasteiger partial charge in [-0.2, -0.15) is 5.26 Å². The van der Waals surface area contributed by atoms with Crippen LogP contribution in [0.3, 0.4) is 0 Å². The van der Waals surface area contributed by atoms with Crippen LogP contribution in [0.2, 0.25) is 0 Å². The van der Waals surface area contributed by atoms with Gasteiger partial charge in [-0.15, -0.1) is 0 Å². The Kier molecular flexibility index (Phi) is 4.33. The van der Waals surface area contributed by atoms with Crippen molar-refractivity contribution in [2.24, 2.45) is 5.92 Å². The first-order chi connectivity index (χ1) is 10.0. The second kappa shape index (κ2) is 6.17. The zero-order valence-corrected chi connectivity index (χ0v) is 11.2. The average Bonchev–Trinajstić information content (AvgIpc) is 2.93. The van der Waals surface area contributed by atoms with Crippen LogP contribution >= 0.6 is 0 Å². The smallest absolute Gasteiger partial charge is 0.305 e. The number of aromatic nitrogens is 1. The number of carboxylic acid groups (broad SMARTS) is 1. The first-order valence-electron chi connectivity index (χ1n) is 6.53. The van der Waals surface area contributed by atoms with Crippen molar-refractivity contribution in [3.63, 3.8) is 0 Å². The lowest BCUT2D eigenvalue weighted by Crippen LogP contribution is -2.21. The molecule has 1 fully saturated rings. The third-order valence-corrected chi connectivity index (χ3v) is 3.54. The van der Waals surface area contributed by atoms with E-state index in [1.807, 2.05) is 4.90 Å². The monoisotopic (exact) mass is 290 g/mol. The second-order valence-electron chi connectivity index (χ2n) is 4.94. The first kappa shape index (κ1) is 14.7. The molecule has 0 aliphatic carbocycles. The summed E-state index contributed by atoms with van der Waals surface area (Å²) in [6, 6.07) is 4.54. The van der Waals surface area contributed by atoms with E-state index in [0.717, 1.165) is 6.42 Å². The highest BCUT2D eigenvalue weighted by Gasteiger charge is 2.25. The third kappa shape index (κ3) is 3.45. The van der Waals surface area contributed by atoms with Crippen molar-refractivity contribution < 1.29 is 14.8 Å². The van der Waals surface area contributed by atoms with Crippen LogP contribution in [0.5, 0.6) is 0 Å². The summed E-state index contributed by atoms with van der Waals surface area (Å²) in [5.74, 6) is -0.0210. The number of rotatable bonds is 5. The molecule has 0 saturated carbocycles. The molecular weight excluding hydrogens is 276 g/mol. The Hall–Kier alpha value is -2.69. The Morgan fingerprint density at radius 3 is 3.00 bits per heavy atom. The number of aliphatic carboxylic acids is 1. The molecule has 2 heterocycles. The van der Waals surface area contributed by atoms with Gasteiger partial charge in [0.15, 0.2) is 0 Å². The maximum absolute atomic E-state index is 10.8. The summed E-state index contributed by atoms with van der Waals surface area (Å²) in [7, 11) is 0. The lowest BCUT2D eigenvalue weighted by atomic mass is 10.0. The fourth-order valence-electron chi connectivity index (χ4n) is 2.45. The summed E-state index contributed by atoms with van der Waals surface area (Å²) in [4.78, 5) is 26.7. The summed E-state index contributed by atoms with van der Waals surface area (Å²) in [5.41, 5.74) is -0.505. The van der Waals surface area contributed by atoms with Crippen LogP contribution in [0.25, 0.3) is 0 Å². The minimum absolute atomic E-state index is 0.135. The molecular formula is C13H14N4O4. The topological polar surface area (TPSA) is 120 Å². The molecule has 0 bridgehead atoms. The van der Waals surface area contributed by atoms with E-state index in [0.29, 0.717) is 25.3 Å². The number of anilines is 1. The molecule has 2 rings (SSSR count). The van der Waals surface area contributed by atoms with E-state index in [-0.39, 0.29) is 23.7 Å². The summed E-state index contributed by atoms with van der Waals surface area (Å²) in [6.45, 7) is 1.36. The molecule has 8 heteroatoms. The quantitative estimate of drug-likeness (QED) is 0.645. The van der Waals surface area contributed by atoms with Crippen molar-refractivity contribution in [1.82, 2.24) is 4.98 Å². The van der Waals surface area contributed by atoms with Crippen molar-refractivity contribution in [3.05, 3.63) is 27.9 Å². The van der Waals surface area contributed by atoms with Gasteiger partial charge in [0.1, 0.15) is 11.9 Å². The van der Waals surface area contributed by atoms with Crippen LogP contribution in [-0.2, 0) is 4.79 Å². The first-order valence-corrected chi connectivity index (χ1v) is 6.53. The molecule has 1 aliphatic heterocycles.